The maximum absolute atomic E-state index is 7.44. The molecular weight excluding hydrogens is 968 g/mol. The Hall–Kier alpha value is -9.75. The van der Waals surface area contributed by atoms with Gasteiger partial charge in [0, 0.05) is 66.7 Å². The van der Waals surface area contributed by atoms with Crippen LogP contribution >= 0.6 is 11.3 Å². The van der Waals surface area contributed by atoms with Crippen molar-refractivity contribution in [2.75, 3.05) is 9.80 Å². The molecule has 0 saturated heterocycles. The Morgan fingerprint density at radius 3 is 1.28 bits per heavy atom. The number of anilines is 6. The molecule has 5 nitrogen and oxygen atoms in total. The van der Waals surface area contributed by atoms with Crippen LogP contribution in [0.3, 0.4) is 0 Å². The van der Waals surface area contributed by atoms with E-state index in [1.165, 1.54) is 37.3 Å². The molecule has 4 aliphatic heterocycles. The first-order valence-corrected chi connectivity index (χ1v) is 27.5. The van der Waals surface area contributed by atoms with Crippen LogP contribution in [0.25, 0.3) is 60.2 Å². The van der Waals surface area contributed by atoms with Gasteiger partial charge in [0.1, 0.15) is 23.0 Å². The SMILES string of the molecule is c1ccc(-c2cc3c4c(c2)N(c2ccccc2)c2ccccc2B4c2cc4c5cc6c(cc5n(-c5ccccc5)c4cc2O3)Oc2cc(-c3ccccc3)cc3c2B6c2sc(-c4ccccc4)cc2N3c2ccccc2)cc1. The second kappa shape index (κ2) is 16.9. The van der Waals surface area contributed by atoms with Crippen molar-refractivity contribution in [3.8, 4) is 61.4 Å². The predicted molar refractivity (Wildman–Crippen MR) is 327 cm³/mol. The van der Waals surface area contributed by atoms with Crippen LogP contribution in [0.4, 0.5) is 34.1 Å². The average Bonchev–Trinajstić information content (AvgIpc) is 4.21. The Kier molecular flexibility index (Phi) is 9.41. The van der Waals surface area contributed by atoms with Crippen LogP contribution in [0.15, 0.2) is 261 Å². The van der Waals surface area contributed by atoms with Crippen LogP contribution in [0.2, 0.25) is 0 Å². The van der Waals surface area contributed by atoms with Gasteiger partial charge in [-0.1, -0.05) is 176 Å². The fraction of sp³-hybridized carbons (Fsp3) is 0. The van der Waals surface area contributed by atoms with Crippen molar-refractivity contribution in [1.82, 2.24) is 4.57 Å². The number of para-hydroxylation sites is 4. The molecule has 2 aromatic heterocycles. The van der Waals surface area contributed by atoms with Crippen LogP contribution in [0.1, 0.15) is 0 Å². The molecule has 78 heavy (non-hydrogen) atoms. The van der Waals surface area contributed by atoms with Crippen LogP contribution in [-0.4, -0.2) is 18.0 Å². The maximum Gasteiger partial charge on any atom is 0.268 e. The molecule has 8 heteroatoms. The molecule has 0 atom stereocenters. The van der Waals surface area contributed by atoms with Gasteiger partial charge in [-0.15, -0.1) is 11.3 Å². The van der Waals surface area contributed by atoms with E-state index in [-0.39, 0.29) is 13.4 Å². The molecule has 362 valence electrons. The van der Waals surface area contributed by atoms with Gasteiger partial charge < -0.3 is 23.8 Å². The van der Waals surface area contributed by atoms with Gasteiger partial charge in [0.2, 0.25) is 0 Å². The molecule has 0 spiro atoms. The van der Waals surface area contributed by atoms with Gasteiger partial charge in [-0.2, -0.15) is 0 Å². The number of nitrogens with zero attached hydrogens (tertiary/aromatic N) is 3. The molecule has 0 unspecified atom stereocenters. The zero-order valence-electron chi connectivity index (χ0n) is 42.0. The van der Waals surface area contributed by atoms with Crippen molar-refractivity contribution in [3.05, 3.63) is 261 Å². The predicted octanol–water partition coefficient (Wildman–Crippen LogP) is 14.7. The maximum atomic E-state index is 7.44. The van der Waals surface area contributed by atoms with E-state index in [2.05, 4.69) is 275 Å². The van der Waals surface area contributed by atoms with Gasteiger partial charge in [-0.25, -0.2) is 0 Å². The van der Waals surface area contributed by atoms with Gasteiger partial charge in [-0.05, 0) is 128 Å². The fourth-order valence-corrected chi connectivity index (χ4v) is 14.4. The summed E-state index contributed by atoms with van der Waals surface area (Å²) < 4.78 is 18.5. The van der Waals surface area contributed by atoms with Gasteiger partial charge in [0.05, 0.1) is 16.7 Å². The van der Waals surface area contributed by atoms with Crippen molar-refractivity contribution in [1.29, 1.82) is 0 Å². The van der Waals surface area contributed by atoms with Gasteiger partial charge in [0.15, 0.2) is 0 Å². The summed E-state index contributed by atoms with van der Waals surface area (Å²) in [6.45, 7) is -0.204. The number of hydrogen-bond acceptors (Lipinski definition) is 5. The minimum Gasteiger partial charge on any atom is -0.458 e. The summed E-state index contributed by atoms with van der Waals surface area (Å²) in [6, 6.07) is 94.7. The third kappa shape index (κ3) is 6.44. The van der Waals surface area contributed by atoms with E-state index < -0.39 is 0 Å². The minimum atomic E-state index is -0.107. The van der Waals surface area contributed by atoms with E-state index in [0.29, 0.717) is 0 Å². The second-order valence-electron chi connectivity index (χ2n) is 20.7. The van der Waals surface area contributed by atoms with Crippen molar-refractivity contribution in [3.63, 3.8) is 0 Å². The van der Waals surface area contributed by atoms with E-state index in [4.69, 9.17) is 9.47 Å². The Balaban J connectivity index is 0.933. The monoisotopic (exact) mass is 1010 g/mol. The molecule has 0 radical (unpaired) electrons. The first-order chi connectivity index (χ1) is 38.7. The Bertz CT molecular complexity index is 4570. The zero-order chi connectivity index (χ0) is 51.0. The number of rotatable bonds is 6. The number of fused-ring (bicyclic) bond motifs is 11. The lowest BCUT2D eigenvalue weighted by Crippen LogP contribution is -2.59. The number of ether oxygens (including phenoxy) is 2. The normalized spacial score (nSPS) is 13.2. The highest BCUT2D eigenvalue weighted by atomic mass is 32.1. The number of benzene rings is 11. The first-order valence-electron chi connectivity index (χ1n) is 26.7. The van der Waals surface area contributed by atoms with Crippen molar-refractivity contribution in [2.24, 2.45) is 0 Å². The lowest BCUT2D eigenvalue weighted by molar-refractivity contribution is 0.488. The highest BCUT2D eigenvalue weighted by Gasteiger charge is 2.46. The van der Waals surface area contributed by atoms with Gasteiger partial charge in [-0.3, -0.25) is 0 Å². The molecule has 4 aliphatic rings. The highest BCUT2D eigenvalue weighted by molar-refractivity contribution is 7.31. The van der Waals surface area contributed by atoms with E-state index in [1.54, 1.807) is 0 Å². The van der Waals surface area contributed by atoms with Crippen molar-refractivity contribution >= 4 is 113 Å². The van der Waals surface area contributed by atoms with Crippen LogP contribution < -0.4 is 51.4 Å². The first kappa shape index (κ1) is 43.5. The molecule has 6 heterocycles. The lowest BCUT2D eigenvalue weighted by atomic mass is 9.34. The summed E-state index contributed by atoms with van der Waals surface area (Å²) in [5, 5.41) is 2.33. The third-order valence-corrected chi connectivity index (χ3v) is 17.7. The van der Waals surface area contributed by atoms with Gasteiger partial charge in [0.25, 0.3) is 13.4 Å². The zero-order valence-corrected chi connectivity index (χ0v) is 42.9. The second-order valence-corrected chi connectivity index (χ2v) is 21.8. The molecule has 0 N–H and O–H groups in total. The van der Waals surface area contributed by atoms with Crippen LogP contribution in [0.5, 0.6) is 23.0 Å². The largest absolute Gasteiger partial charge is 0.458 e. The fourth-order valence-electron chi connectivity index (χ4n) is 13.1. The summed E-state index contributed by atoms with van der Waals surface area (Å²) >= 11 is 1.89. The molecule has 0 aliphatic carbocycles. The minimum absolute atomic E-state index is 0.0964. The molecule has 0 saturated carbocycles. The van der Waals surface area contributed by atoms with Crippen molar-refractivity contribution < 1.29 is 9.47 Å². The Morgan fingerprint density at radius 1 is 0.308 bits per heavy atom. The number of thiophene rings is 1. The summed E-state index contributed by atoms with van der Waals surface area (Å²) in [4.78, 5) is 6.13. The van der Waals surface area contributed by atoms with E-state index in [0.717, 1.165) is 112 Å². The molecule has 0 amide bonds. The topological polar surface area (TPSA) is 29.9 Å². The third-order valence-electron chi connectivity index (χ3n) is 16.4. The molecule has 17 rings (SSSR count). The molecule has 0 bridgehead atoms. The number of aromatic nitrogens is 1. The Labute approximate surface area is 456 Å². The molecule has 11 aromatic carbocycles. The van der Waals surface area contributed by atoms with Gasteiger partial charge >= 0.3 is 0 Å². The lowest BCUT2D eigenvalue weighted by Gasteiger charge is -2.40. The molecule has 13 aromatic rings. The summed E-state index contributed by atoms with van der Waals surface area (Å²) in [7, 11) is 0. The quantitative estimate of drug-likeness (QED) is 0.155. The molecule has 0 fully saturated rings. The summed E-state index contributed by atoms with van der Waals surface area (Å²) in [6.07, 6.45) is 0. The number of hydrogen-bond donors (Lipinski definition) is 0. The van der Waals surface area contributed by atoms with Crippen LogP contribution in [-0.2, 0) is 0 Å². The van der Waals surface area contributed by atoms with Crippen molar-refractivity contribution in [2.45, 2.75) is 0 Å². The summed E-state index contributed by atoms with van der Waals surface area (Å²) in [5.74, 6) is 3.46. The smallest absolute Gasteiger partial charge is 0.268 e. The van der Waals surface area contributed by atoms with E-state index in [1.807, 2.05) is 11.3 Å². The van der Waals surface area contributed by atoms with E-state index >= 15 is 0 Å². The highest BCUT2D eigenvalue weighted by Crippen LogP contribution is 2.49. The molecular formula is C70H43B2N3O2S. The Morgan fingerprint density at radius 2 is 0.744 bits per heavy atom. The average molecular weight is 1010 g/mol. The van der Waals surface area contributed by atoms with E-state index in [9.17, 15) is 0 Å². The standard InChI is InChI=1S/C70H43B2N3O2S/c1-7-21-44(22-8-1)47-35-60-68-65(37-47)76-63-41-58-52(39-55(63)71(68)54-33-19-20-34-57(54)73(60)49-27-13-4-14-28-49)53-40-56-64(42-59(53)74(58)50-29-15-5-16-30-50)77-66-38-48(45-23-9-2-10-24-45)36-61-69(66)72(56)70-62(75(61)51-31-17-6-18-32-51)43-67(78-70)46-25-11-3-12-26-46/h1-43H. The summed E-state index contributed by atoms with van der Waals surface area (Å²) in [5.41, 5.74) is 21.6. The van der Waals surface area contributed by atoms with Crippen LogP contribution in [0, 0.1) is 0 Å².